The minimum atomic E-state index is -0.0699. The second kappa shape index (κ2) is 3.54. The van der Waals surface area contributed by atoms with Gasteiger partial charge in [-0.2, -0.15) is 0 Å². The van der Waals surface area contributed by atoms with Gasteiger partial charge < -0.3 is 10.7 Å². The average Bonchev–Trinajstić information content (AvgIpc) is 2.03. The fourth-order valence-electron chi connectivity index (χ4n) is 1.21. The van der Waals surface area contributed by atoms with E-state index in [1.807, 2.05) is 13.8 Å². The Hall–Kier alpha value is -1.09. The van der Waals surface area contributed by atoms with E-state index in [0.29, 0.717) is 0 Å². The second-order valence-electron chi connectivity index (χ2n) is 2.92. The fraction of sp³-hybridized carbons (Fsp3) is 0.444. The highest BCUT2D eigenvalue weighted by Gasteiger charge is 2.05. The van der Waals surface area contributed by atoms with Crippen LogP contribution in [0, 0.1) is 6.92 Å². The summed E-state index contributed by atoms with van der Waals surface area (Å²) in [5.41, 5.74) is 7.65. The van der Waals surface area contributed by atoms with Gasteiger partial charge in [0.2, 0.25) is 5.56 Å². The van der Waals surface area contributed by atoms with Crippen LogP contribution in [0.3, 0.4) is 0 Å². The third-order valence-corrected chi connectivity index (χ3v) is 2.00. The molecule has 0 fully saturated rings. The van der Waals surface area contributed by atoms with Crippen LogP contribution in [0.15, 0.2) is 16.9 Å². The molecule has 0 bridgehead atoms. The maximum atomic E-state index is 10.9. The summed E-state index contributed by atoms with van der Waals surface area (Å²) in [6.45, 7) is 3.89. The van der Waals surface area contributed by atoms with Crippen molar-refractivity contribution in [3.63, 3.8) is 0 Å². The van der Waals surface area contributed by atoms with E-state index in [0.717, 1.165) is 17.7 Å². The molecule has 0 aliphatic rings. The Kier molecular flexibility index (Phi) is 2.65. The van der Waals surface area contributed by atoms with Crippen LogP contribution in [0.1, 0.15) is 30.6 Å². The first kappa shape index (κ1) is 9.00. The van der Waals surface area contributed by atoms with Crippen molar-refractivity contribution in [3.8, 4) is 0 Å². The maximum absolute atomic E-state index is 10.9. The third kappa shape index (κ3) is 1.74. The van der Waals surface area contributed by atoms with E-state index < -0.39 is 0 Å². The van der Waals surface area contributed by atoms with Crippen molar-refractivity contribution in [3.05, 3.63) is 33.7 Å². The lowest BCUT2D eigenvalue weighted by atomic mass is 10.0. The van der Waals surface area contributed by atoms with Gasteiger partial charge in [-0.05, 0) is 18.9 Å². The van der Waals surface area contributed by atoms with Crippen LogP contribution >= 0.6 is 0 Å². The molecular weight excluding hydrogens is 152 g/mol. The van der Waals surface area contributed by atoms with E-state index in [-0.39, 0.29) is 11.6 Å². The molecule has 0 saturated carbocycles. The van der Waals surface area contributed by atoms with E-state index in [1.54, 1.807) is 6.07 Å². The minimum Gasteiger partial charge on any atom is -0.326 e. The van der Waals surface area contributed by atoms with Crippen LogP contribution in [0.25, 0.3) is 0 Å². The molecule has 0 aromatic carbocycles. The Morgan fingerprint density at radius 3 is 2.75 bits per heavy atom. The fourth-order valence-corrected chi connectivity index (χ4v) is 1.21. The van der Waals surface area contributed by atoms with E-state index in [1.165, 1.54) is 6.07 Å². The van der Waals surface area contributed by atoms with Crippen molar-refractivity contribution >= 4 is 0 Å². The minimum absolute atomic E-state index is 0.0295. The predicted octanol–water partition coefficient (Wildman–Crippen LogP) is 1.09. The van der Waals surface area contributed by atoms with Gasteiger partial charge in [0.15, 0.2) is 0 Å². The van der Waals surface area contributed by atoms with Crippen LogP contribution in [0.4, 0.5) is 0 Å². The standard InChI is InChI=1S/C9H14N2O/c1-3-8(10)7-4-5-9(12)11-6(7)2/h4-5,8H,3,10H2,1-2H3,(H,11,12). The Balaban J connectivity index is 3.09. The SMILES string of the molecule is CCC(N)c1ccc(=O)[nH]c1C. The van der Waals surface area contributed by atoms with Gasteiger partial charge in [0.05, 0.1) is 0 Å². The number of aromatic nitrogens is 1. The summed E-state index contributed by atoms with van der Waals surface area (Å²) in [4.78, 5) is 13.6. The second-order valence-corrected chi connectivity index (χ2v) is 2.92. The van der Waals surface area contributed by atoms with E-state index in [9.17, 15) is 4.79 Å². The molecule has 1 atom stereocenters. The highest BCUT2D eigenvalue weighted by molar-refractivity contribution is 5.21. The van der Waals surface area contributed by atoms with Gasteiger partial charge in [-0.25, -0.2) is 0 Å². The number of rotatable bonds is 2. The number of hydrogen-bond acceptors (Lipinski definition) is 2. The largest absolute Gasteiger partial charge is 0.326 e. The highest BCUT2D eigenvalue weighted by atomic mass is 16.1. The molecule has 0 amide bonds. The molecule has 66 valence electrons. The number of hydrogen-bond donors (Lipinski definition) is 2. The maximum Gasteiger partial charge on any atom is 0.248 e. The van der Waals surface area contributed by atoms with Crippen molar-refractivity contribution in [2.75, 3.05) is 0 Å². The molecule has 12 heavy (non-hydrogen) atoms. The molecule has 0 spiro atoms. The summed E-state index contributed by atoms with van der Waals surface area (Å²) in [5.74, 6) is 0. The summed E-state index contributed by atoms with van der Waals surface area (Å²) in [6.07, 6.45) is 0.882. The summed E-state index contributed by atoms with van der Waals surface area (Å²) in [6, 6.07) is 3.34. The summed E-state index contributed by atoms with van der Waals surface area (Å²) < 4.78 is 0. The number of nitrogens with two attached hydrogens (primary N) is 1. The monoisotopic (exact) mass is 166 g/mol. The first-order valence-corrected chi connectivity index (χ1v) is 4.10. The molecule has 0 aliphatic carbocycles. The van der Waals surface area contributed by atoms with Gasteiger partial charge in [0.25, 0.3) is 0 Å². The van der Waals surface area contributed by atoms with Crippen LogP contribution in [0.2, 0.25) is 0 Å². The molecule has 1 aromatic heterocycles. The van der Waals surface area contributed by atoms with Gasteiger partial charge in [0, 0.05) is 17.8 Å². The van der Waals surface area contributed by atoms with Crippen molar-refractivity contribution < 1.29 is 0 Å². The van der Waals surface area contributed by atoms with Crippen molar-refractivity contribution in [2.45, 2.75) is 26.3 Å². The summed E-state index contributed by atoms with van der Waals surface area (Å²) >= 11 is 0. The van der Waals surface area contributed by atoms with Crippen LogP contribution in [0.5, 0.6) is 0 Å². The first-order chi connectivity index (χ1) is 5.65. The number of aromatic amines is 1. The lowest BCUT2D eigenvalue weighted by Crippen LogP contribution is -2.15. The lowest BCUT2D eigenvalue weighted by Gasteiger charge is -2.10. The van der Waals surface area contributed by atoms with E-state index >= 15 is 0 Å². The first-order valence-electron chi connectivity index (χ1n) is 4.10. The molecular formula is C9H14N2O. The number of nitrogens with one attached hydrogen (secondary N) is 1. The van der Waals surface area contributed by atoms with Gasteiger partial charge in [-0.15, -0.1) is 0 Å². The zero-order valence-electron chi connectivity index (χ0n) is 7.42. The van der Waals surface area contributed by atoms with Gasteiger partial charge in [-0.3, -0.25) is 4.79 Å². The molecule has 3 N–H and O–H groups in total. The molecule has 0 aliphatic heterocycles. The van der Waals surface area contributed by atoms with Gasteiger partial charge in [0.1, 0.15) is 0 Å². The summed E-state index contributed by atoms with van der Waals surface area (Å²) in [5, 5.41) is 0. The molecule has 0 radical (unpaired) electrons. The van der Waals surface area contributed by atoms with Crippen molar-refractivity contribution in [2.24, 2.45) is 5.73 Å². The smallest absolute Gasteiger partial charge is 0.248 e. The molecule has 1 rings (SSSR count). The Morgan fingerprint density at radius 1 is 1.58 bits per heavy atom. The number of pyridine rings is 1. The number of aryl methyl sites for hydroxylation is 1. The highest BCUT2D eigenvalue weighted by Crippen LogP contribution is 2.14. The predicted molar refractivity (Wildman–Crippen MR) is 49.0 cm³/mol. The summed E-state index contributed by atoms with van der Waals surface area (Å²) in [7, 11) is 0. The van der Waals surface area contributed by atoms with Crippen LogP contribution in [-0.4, -0.2) is 4.98 Å². The van der Waals surface area contributed by atoms with E-state index in [2.05, 4.69) is 4.98 Å². The Bertz CT molecular complexity index is 317. The average molecular weight is 166 g/mol. The van der Waals surface area contributed by atoms with Crippen molar-refractivity contribution in [1.29, 1.82) is 0 Å². The molecule has 0 saturated heterocycles. The van der Waals surface area contributed by atoms with Crippen molar-refractivity contribution in [1.82, 2.24) is 4.98 Å². The van der Waals surface area contributed by atoms with Gasteiger partial charge in [-0.1, -0.05) is 13.0 Å². The van der Waals surface area contributed by atoms with Crippen LogP contribution < -0.4 is 11.3 Å². The van der Waals surface area contributed by atoms with Gasteiger partial charge >= 0.3 is 0 Å². The molecule has 1 aromatic rings. The molecule has 1 heterocycles. The quantitative estimate of drug-likeness (QED) is 0.691. The Labute approximate surface area is 71.6 Å². The number of H-pyrrole nitrogens is 1. The topological polar surface area (TPSA) is 58.9 Å². The molecule has 3 nitrogen and oxygen atoms in total. The van der Waals surface area contributed by atoms with Crippen LogP contribution in [-0.2, 0) is 0 Å². The third-order valence-electron chi connectivity index (χ3n) is 2.00. The molecule has 1 unspecified atom stereocenters. The Morgan fingerprint density at radius 2 is 2.25 bits per heavy atom. The van der Waals surface area contributed by atoms with E-state index in [4.69, 9.17) is 5.73 Å². The zero-order valence-corrected chi connectivity index (χ0v) is 7.42. The lowest BCUT2D eigenvalue weighted by molar-refractivity contribution is 0.688. The normalized spacial score (nSPS) is 12.9. The molecule has 3 heteroatoms. The zero-order chi connectivity index (χ0) is 9.14.